The van der Waals surface area contributed by atoms with E-state index >= 15 is 0 Å². The molecule has 0 aliphatic heterocycles. The number of benzene rings is 1. The maximum absolute atomic E-state index is 6.35. The fraction of sp³-hybridized carbons (Fsp3) is 0.222. The normalized spacial score (nSPS) is 12.3. The highest BCUT2D eigenvalue weighted by atomic mass is 32.1. The number of pyridine rings is 1. The van der Waals surface area contributed by atoms with E-state index in [1.165, 1.54) is 16.7 Å². The molecule has 2 N–H and O–H groups in total. The summed E-state index contributed by atoms with van der Waals surface area (Å²) in [4.78, 5) is 8.82. The van der Waals surface area contributed by atoms with Crippen LogP contribution >= 0.6 is 11.3 Å². The molecule has 2 heterocycles. The van der Waals surface area contributed by atoms with Crippen LogP contribution < -0.4 is 5.73 Å². The van der Waals surface area contributed by atoms with Crippen LogP contribution in [0.15, 0.2) is 48.1 Å². The molecule has 0 radical (unpaired) electrons. The van der Waals surface area contributed by atoms with Gasteiger partial charge >= 0.3 is 0 Å². The van der Waals surface area contributed by atoms with Gasteiger partial charge in [0.05, 0.1) is 10.7 Å². The van der Waals surface area contributed by atoms with Gasteiger partial charge in [-0.15, -0.1) is 11.3 Å². The molecule has 0 aliphatic rings. The van der Waals surface area contributed by atoms with E-state index in [4.69, 9.17) is 5.73 Å². The Morgan fingerprint density at radius 3 is 2.77 bits per heavy atom. The zero-order valence-corrected chi connectivity index (χ0v) is 13.6. The predicted octanol–water partition coefficient (Wildman–Crippen LogP) is 4.06. The molecule has 1 aromatic carbocycles. The lowest BCUT2D eigenvalue weighted by Crippen LogP contribution is -2.13. The summed E-state index contributed by atoms with van der Waals surface area (Å²) in [5.41, 5.74) is 12.1. The zero-order chi connectivity index (χ0) is 15.5. The third-order valence-electron chi connectivity index (χ3n) is 3.86. The van der Waals surface area contributed by atoms with E-state index in [2.05, 4.69) is 47.4 Å². The van der Waals surface area contributed by atoms with Crippen molar-refractivity contribution in [3.63, 3.8) is 0 Å². The van der Waals surface area contributed by atoms with Crippen molar-refractivity contribution in [1.82, 2.24) is 9.97 Å². The van der Waals surface area contributed by atoms with Gasteiger partial charge < -0.3 is 5.73 Å². The second-order valence-corrected chi connectivity index (χ2v) is 6.47. The summed E-state index contributed by atoms with van der Waals surface area (Å²) in [6, 6.07) is 10.3. The van der Waals surface area contributed by atoms with Crippen LogP contribution in [-0.4, -0.2) is 9.97 Å². The minimum Gasteiger partial charge on any atom is -0.324 e. The minimum absolute atomic E-state index is 0.0211. The molecule has 1 unspecified atom stereocenters. The summed E-state index contributed by atoms with van der Waals surface area (Å²) in [7, 11) is 0. The highest BCUT2D eigenvalue weighted by Gasteiger charge is 2.12. The molecule has 0 saturated carbocycles. The molecular formula is C18H19N3S. The van der Waals surface area contributed by atoms with Crippen LogP contribution in [0.1, 0.15) is 27.7 Å². The van der Waals surface area contributed by atoms with Gasteiger partial charge in [-0.25, -0.2) is 4.98 Å². The van der Waals surface area contributed by atoms with Crippen LogP contribution in [0.3, 0.4) is 0 Å². The van der Waals surface area contributed by atoms with Gasteiger partial charge in [-0.1, -0.05) is 18.2 Å². The lowest BCUT2D eigenvalue weighted by atomic mass is 10.00. The predicted molar refractivity (Wildman–Crippen MR) is 91.9 cm³/mol. The Kier molecular flexibility index (Phi) is 4.32. The van der Waals surface area contributed by atoms with Gasteiger partial charge in [0.15, 0.2) is 0 Å². The monoisotopic (exact) mass is 309 g/mol. The number of aromatic nitrogens is 2. The van der Waals surface area contributed by atoms with E-state index in [1.54, 1.807) is 17.5 Å². The molecule has 0 fully saturated rings. The molecule has 0 spiro atoms. The largest absolute Gasteiger partial charge is 0.324 e. The lowest BCUT2D eigenvalue weighted by molar-refractivity contribution is 0.717. The Morgan fingerprint density at radius 1 is 1.18 bits per heavy atom. The average Bonchev–Trinajstić information content (AvgIpc) is 2.99. The van der Waals surface area contributed by atoms with Crippen molar-refractivity contribution in [2.45, 2.75) is 26.3 Å². The molecule has 112 valence electrons. The van der Waals surface area contributed by atoms with Crippen LogP contribution in [0.5, 0.6) is 0 Å². The molecular weight excluding hydrogens is 290 g/mol. The van der Waals surface area contributed by atoms with Crippen molar-refractivity contribution in [2.24, 2.45) is 5.73 Å². The number of nitrogens with zero attached hydrogens (tertiary/aromatic N) is 2. The van der Waals surface area contributed by atoms with Crippen molar-refractivity contribution >= 4 is 11.3 Å². The van der Waals surface area contributed by atoms with E-state index in [1.807, 2.05) is 18.3 Å². The Morgan fingerprint density at radius 2 is 2.05 bits per heavy atom. The van der Waals surface area contributed by atoms with Crippen molar-refractivity contribution in [3.8, 4) is 11.3 Å². The molecule has 4 heteroatoms. The average molecular weight is 309 g/mol. The van der Waals surface area contributed by atoms with E-state index < -0.39 is 0 Å². The Hall–Kier alpha value is -2.04. The van der Waals surface area contributed by atoms with Crippen LogP contribution in [-0.2, 0) is 6.42 Å². The van der Waals surface area contributed by atoms with E-state index in [0.717, 1.165) is 22.7 Å². The summed E-state index contributed by atoms with van der Waals surface area (Å²) in [6.07, 6.45) is 4.36. The topological polar surface area (TPSA) is 51.8 Å². The van der Waals surface area contributed by atoms with Crippen molar-refractivity contribution in [2.75, 3.05) is 0 Å². The van der Waals surface area contributed by atoms with Gasteiger partial charge in [-0.3, -0.25) is 4.98 Å². The third kappa shape index (κ3) is 3.24. The number of hydrogen-bond donors (Lipinski definition) is 1. The molecule has 0 amide bonds. The van der Waals surface area contributed by atoms with Gasteiger partial charge in [-0.05, 0) is 42.7 Å². The van der Waals surface area contributed by atoms with Crippen molar-refractivity contribution < 1.29 is 0 Å². The standard InChI is InChI=1S/C18H19N3S/c1-12-5-6-14(8-13(12)2)16(19)9-18-21-17(11-22-18)15-4-3-7-20-10-15/h3-8,10-11,16H,9,19H2,1-2H3. The van der Waals surface area contributed by atoms with Crippen LogP contribution in [0.25, 0.3) is 11.3 Å². The number of hydrogen-bond acceptors (Lipinski definition) is 4. The summed E-state index contributed by atoms with van der Waals surface area (Å²) in [6.45, 7) is 4.24. The van der Waals surface area contributed by atoms with Gasteiger partial charge in [0.25, 0.3) is 0 Å². The molecule has 22 heavy (non-hydrogen) atoms. The summed E-state index contributed by atoms with van der Waals surface area (Å²) < 4.78 is 0. The van der Waals surface area contributed by atoms with Gasteiger partial charge in [0.1, 0.15) is 0 Å². The zero-order valence-electron chi connectivity index (χ0n) is 12.8. The van der Waals surface area contributed by atoms with Crippen LogP contribution in [0.4, 0.5) is 0 Å². The molecule has 0 aliphatic carbocycles. The summed E-state index contributed by atoms with van der Waals surface area (Å²) in [5.74, 6) is 0. The molecule has 3 rings (SSSR count). The van der Waals surface area contributed by atoms with Crippen molar-refractivity contribution in [1.29, 1.82) is 0 Å². The van der Waals surface area contributed by atoms with E-state index in [-0.39, 0.29) is 6.04 Å². The first-order valence-electron chi connectivity index (χ1n) is 7.31. The molecule has 3 aromatic rings. The molecule has 3 nitrogen and oxygen atoms in total. The Balaban J connectivity index is 1.76. The second kappa shape index (κ2) is 6.38. The number of nitrogens with two attached hydrogens (primary N) is 1. The third-order valence-corrected chi connectivity index (χ3v) is 4.73. The van der Waals surface area contributed by atoms with Crippen LogP contribution in [0, 0.1) is 13.8 Å². The first-order valence-corrected chi connectivity index (χ1v) is 8.19. The Bertz CT molecular complexity index is 765. The maximum atomic E-state index is 6.35. The quantitative estimate of drug-likeness (QED) is 0.790. The summed E-state index contributed by atoms with van der Waals surface area (Å²) >= 11 is 1.66. The maximum Gasteiger partial charge on any atom is 0.0951 e. The van der Waals surface area contributed by atoms with Crippen molar-refractivity contribution in [3.05, 3.63) is 69.8 Å². The number of aryl methyl sites for hydroxylation is 2. The molecule has 2 aromatic heterocycles. The highest BCUT2D eigenvalue weighted by molar-refractivity contribution is 7.09. The fourth-order valence-electron chi connectivity index (χ4n) is 2.35. The first-order chi connectivity index (χ1) is 10.6. The summed E-state index contributed by atoms with van der Waals surface area (Å²) in [5, 5.41) is 3.13. The Labute approximate surface area is 134 Å². The van der Waals surface area contributed by atoms with Gasteiger partial charge in [0, 0.05) is 35.8 Å². The van der Waals surface area contributed by atoms with Crippen LogP contribution in [0.2, 0.25) is 0 Å². The molecule has 0 bridgehead atoms. The number of rotatable bonds is 4. The second-order valence-electron chi connectivity index (χ2n) is 5.52. The molecule has 0 saturated heterocycles. The molecule has 1 atom stereocenters. The lowest BCUT2D eigenvalue weighted by Gasteiger charge is -2.12. The van der Waals surface area contributed by atoms with Gasteiger partial charge in [0.2, 0.25) is 0 Å². The first kappa shape index (κ1) is 14.9. The minimum atomic E-state index is -0.0211. The SMILES string of the molecule is Cc1ccc(C(N)Cc2nc(-c3cccnc3)cs2)cc1C. The highest BCUT2D eigenvalue weighted by Crippen LogP contribution is 2.25. The fourth-order valence-corrected chi connectivity index (χ4v) is 3.22. The van der Waals surface area contributed by atoms with Gasteiger partial charge in [-0.2, -0.15) is 0 Å². The number of thiazole rings is 1. The van der Waals surface area contributed by atoms with E-state index in [0.29, 0.717) is 0 Å². The smallest absolute Gasteiger partial charge is 0.0951 e. The van der Waals surface area contributed by atoms with E-state index in [9.17, 15) is 0 Å².